The number of aromatic nitrogens is 2. The minimum Gasteiger partial charge on any atom is -0.399 e. The van der Waals surface area contributed by atoms with E-state index in [0.29, 0.717) is 17.4 Å². The van der Waals surface area contributed by atoms with Crippen LogP contribution in [0.15, 0.2) is 18.2 Å². The molecule has 0 radical (unpaired) electrons. The number of ether oxygens (including phenoxy) is 1. The van der Waals surface area contributed by atoms with E-state index in [1.807, 2.05) is 18.2 Å². The average Bonchev–Trinajstić information content (AvgIpc) is 2.97. The summed E-state index contributed by atoms with van der Waals surface area (Å²) in [4.78, 5) is 4.43. The topological polar surface area (TPSA) is 73.3 Å². The van der Waals surface area contributed by atoms with Gasteiger partial charge in [0.1, 0.15) is 12.4 Å². The van der Waals surface area contributed by atoms with Gasteiger partial charge in [0.25, 0.3) is 0 Å². The summed E-state index contributed by atoms with van der Waals surface area (Å²) < 4.78 is 7.47. The van der Waals surface area contributed by atoms with Crippen molar-refractivity contribution in [2.45, 2.75) is 19.6 Å². The van der Waals surface area contributed by atoms with E-state index in [0.717, 1.165) is 37.2 Å². The quantitative estimate of drug-likeness (QED) is 0.798. The van der Waals surface area contributed by atoms with Crippen molar-refractivity contribution in [2.75, 3.05) is 18.9 Å². The summed E-state index contributed by atoms with van der Waals surface area (Å²) >= 11 is 0. The summed E-state index contributed by atoms with van der Waals surface area (Å²) in [5, 5.41) is 9.42. The van der Waals surface area contributed by atoms with E-state index in [-0.39, 0.29) is 6.61 Å². The van der Waals surface area contributed by atoms with E-state index < -0.39 is 0 Å². The Morgan fingerprint density at radius 3 is 3.11 bits per heavy atom. The Morgan fingerprint density at radius 1 is 1.50 bits per heavy atom. The molecule has 96 valence electrons. The number of hydrogen-bond donors (Lipinski definition) is 2. The predicted octanol–water partition coefficient (Wildman–Crippen LogP) is 1.15. The van der Waals surface area contributed by atoms with Crippen molar-refractivity contribution in [2.24, 2.45) is 5.92 Å². The van der Waals surface area contributed by atoms with Crippen LogP contribution < -0.4 is 5.73 Å². The van der Waals surface area contributed by atoms with Gasteiger partial charge in [-0.3, -0.25) is 0 Å². The lowest BCUT2D eigenvalue weighted by Crippen LogP contribution is -2.13. The molecule has 5 nitrogen and oxygen atoms in total. The monoisotopic (exact) mass is 247 g/mol. The van der Waals surface area contributed by atoms with Crippen LogP contribution >= 0.6 is 0 Å². The van der Waals surface area contributed by atoms with Crippen LogP contribution in [-0.4, -0.2) is 27.9 Å². The van der Waals surface area contributed by atoms with Crippen LogP contribution in [0.25, 0.3) is 11.0 Å². The van der Waals surface area contributed by atoms with Crippen molar-refractivity contribution in [3.05, 3.63) is 24.0 Å². The molecule has 1 unspecified atom stereocenters. The molecule has 0 spiro atoms. The van der Waals surface area contributed by atoms with Crippen molar-refractivity contribution >= 4 is 16.7 Å². The van der Waals surface area contributed by atoms with Gasteiger partial charge in [-0.05, 0) is 24.6 Å². The molecule has 1 atom stereocenters. The average molecular weight is 247 g/mol. The van der Waals surface area contributed by atoms with Gasteiger partial charge >= 0.3 is 0 Å². The number of aliphatic hydroxyl groups is 1. The minimum atomic E-state index is -0.0534. The van der Waals surface area contributed by atoms with E-state index in [2.05, 4.69) is 9.55 Å². The number of fused-ring (bicyclic) bond motifs is 1. The summed E-state index contributed by atoms with van der Waals surface area (Å²) in [5.41, 5.74) is 8.32. The Morgan fingerprint density at radius 2 is 2.39 bits per heavy atom. The molecule has 3 rings (SSSR count). The first-order chi connectivity index (χ1) is 8.78. The zero-order chi connectivity index (χ0) is 12.5. The third-order valence-electron chi connectivity index (χ3n) is 3.46. The van der Waals surface area contributed by atoms with Crippen LogP contribution in [0.1, 0.15) is 12.2 Å². The molecule has 1 saturated heterocycles. The van der Waals surface area contributed by atoms with E-state index in [1.54, 1.807) is 0 Å². The van der Waals surface area contributed by atoms with Crippen molar-refractivity contribution < 1.29 is 9.84 Å². The van der Waals surface area contributed by atoms with Gasteiger partial charge in [-0.2, -0.15) is 0 Å². The first kappa shape index (κ1) is 11.5. The predicted molar refractivity (Wildman–Crippen MR) is 69.0 cm³/mol. The Bertz CT molecular complexity index is 559. The summed E-state index contributed by atoms with van der Waals surface area (Å²) in [6.07, 6.45) is 1.07. The number of rotatable bonds is 3. The number of anilines is 1. The molecule has 0 saturated carbocycles. The Hall–Kier alpha value is -1.59. The van der Waals surface area contributed by atoms with E-state index in [1.165, 1.54) is 0 Å². The second-order valence-corrected chi connectivity index (χ2v) is 4.77. The Labute approximate surface area is 105 Å². The molecule has 18 heavy (non-hydrogen) atoms. The SMILES string of the molecule is Nc1ccc2c(c1)nc(CO)n2CC1CCOC1. The minimum absolute atomic E-state index is 0.0534. The summed E-state index contributed by atoms with van der Waals surface area (Å²) in [6, 6.07) is 5.68. The van der Waals surface area contributed by atoms with Crippen LogP contribution in [0.3, 0.4) is 0 Å². The first-order valence-corrected chi connectivity index (χ1v) is 6.21. The highest BCUT2D eigenvalue weighted by Crippen LogP contribution is 2.23. The summed E-state index contributed by atoms with van der Waals surface area (Å²) in [6.45, 7) is 2.41. The van der Waals surface area contributed by atoms with Gasteiger partial charge in [-0.25, -0.2) is 4.98 Å². The lowest BCUT2D eigenvalue weighted by Gasteiger charge is -2.12. The molecule has 1 aliphatic rings. The number of imidazole rings is 1. The van der Waals surface area contributed by atoms with Gasteiger partial charge in [-0.1, -0.05) is 0 Å². The van der Waals surface area contributed by atoms with Gasteiger partial charge in [0, 0.05) is 24.8 Å². The van der Waals surface area contributed by atoms with Crippen LogP contribution in [0.5, 0.6) is 0 Å². The molecule has 1 aliphatic heterocycles. The third-order valence-corrected chi connectivity index (χ3v) is 3.46. The second kappa shape index (κ2) is 4.59. The molecular weight excluding hydrogens is 230 g/mol. The number of nitrogen functional groups attached to an aromatic ring is 1. The number of nitrogens with two attached hydrogens (primary N) is 1. The molecule has 1 aromatic heterocycles. The number of benzene rings is 1. The molecule has 0 amide bonds. The zero-order valence-electron chi connectivity index (χ0n) is 10.2. The number of nitrogens with zero attached hydrogens (tertiary/aromatic N) is 2. The fourth-order valence-corrected chi connectivity index (χ4v) is 2.51. The zero-order valence-corrected chi connectivity index (χ0v) is 10.2. The maximum atomic E-state index is 9.42. The highest BCUT2D eigenvalue weighted by Gasteiger charge is 2.19. The fourth-order valence-electron chi connectivity index (χ4n) is 2.51. The smallest absolute Gasteiger partial charge is 0.135 e. The lowest BCUT2D eigenvalue weighted by atomic mass is 10.1. The maximum Gasteiger partial charge on any atom is 0.135 e. The second-order valence-electron chi connectivity index (χ2n) is 4.77. The highest BCUT2D eigenvalue weighted by molar-refractivity contribution is 5.79. The third kappa shape index (κ3) is 1.95. The Kier molecular flexibility index (Phi) is 2.93. The van der Waals surface area contributed by atoms with E-state index >= 15 is 0 Å². The Balaban J connectivity index is 2.01. The van der Waals surface area contributed by atoms with E-state index in [4.69, 9.17) is 10.5 Å². The summed E-state index contributed by atoms with van der Waals surface area (Å²) in [5.74, 6) is 1.20. The molecule has 0 bridgehead atoms. The van der Waals surface area contributed by atoms with E-state index in [9.17, 15) is 5.11 Å². The van der Waals surface area contributed by atoms with Gasteiger partial charge in [0.15, 0.2) is 0 Å². The molecular formula is C13H17N3O2. The van der Waals surface area contributed by atoms with Crippen molar-refractivity contribution in [1.29, 1.82) is 0 Å². The molecule has 2 aromatic rings. The van der Waals surface area contributed by atoms with Crippen molar-refractivity contribution in [1.82, 2.24) is 9.55 Å². The van der Waals surface area contributed by atoms with Crippen LogP contribution in [-0.2, 0) is 17.9 Å². The van der Waals surface area contributed by atoms with Crippen molar-refractivity contribution in [3.63, 3.8) is 0 Å². The normalized spacial score (nSPS) is 19.7. The molecule has 1 aromatic carbocycles. The maximum absolute atomic E-state index is 9.42. The largest absolute Gasteiger partial charge is 0.399 e. The van der Waals surface area contributed by atoms with Crippen molar-refractivity contribution in [3.8, 4) is 0 Å². The van der Waals surface area contributed by atoms with Crippen LogP contribution in [0.4, 0.5) is 5.69 Å². The van der Waals surface area contributed by atoms with Gasteiger partial charge in [0.05, 0.1) is 17.6 Å². The fraction of sp³-hybridized carbons (Fsp3) is 0.462. The standard InChI is InChI=1S/C13H17N3O2/c14-10-1-2-12-11(5-10)15-13(7-17)16(12)6-9-3-4-18-8-9/h1-2,5,9,17H,3-4,6-8,14H2. The summed E-state index contributed by atoms with van der Waals surface area (Å²) in [7, 11) is 0. The molecule has 0 aliphatic carbocycles. The molecule has 1 fully saturated rings. The van der Waals surface area contributed by atoms with Gasteiger partial charge in [-0.15, -0.1) is 0 Å². The molecule has 3 N–H and O–H groups in total. The van der Waals surface area contributed by atoms with Gasteiger partial charge < -0.3 is 20.1 Å². The number of aliphatic hydroxyl groups excluding tert-OH is 1. The van der Waals surface area contributed by atoms with Crippen LogP contribution in [0, 0.1) is 5.92 Å². The van der Waals surface area contributed by atoms with Gasteiger partial charge in [0.2, 0.25) is 0 Å². The molecule has 2 heterocycles. The molecule has 5 heteroatoms. The first-order valence-electron chi connectivity index (χ1n) is 6.21. The highest BCUT2D eigenvalue weighted by atomic mass is 16.5. The number of hydrogen-bond acceptors (Lipinski definition) is 4. The lowest BCUT2D eigenvalue weighted by molar-refractivity contribution is 0.181. The van der Waals surface area contributed by atoms with Crippen LogP contribution in [0.2, 0.25) is 0 Å².